The molecular weight excluding hydrogens is 514 g/mol. The molecule has 14 nitrogen and oxygen atoms in total. The van der Waals surface area contributed by atoms with E-state index in [9.17, 15) is 29.5 Å². The number of hydroxylamine groups is 1. The summed E-state index contributed by atoms with van der Waals surface area (Å²) in [6.45, 7) is 0.0709. The minimum Gasteiger partial charge on any atom is -0.493 e. The molecule has 188 valence electrons. The van der Waals surface area contributed by atoms with E-state index in [0.29, 0.717) is 11.3 Å². The number of nitrogen functional groups attached to an aromatic ring is 1. The van der Waals surface area contributed by atoms with E-state index in [2.05, 4.69) is 21.0 Å². The summed E-state index contributed by atoms with van der Waals surface area (Å²) in [7, 11) is 1.33. The van der Waals surface area contributed by atoms with Crippen molar-refractivity contribution in [3.05, 3.63) is 63.2 Å². The second kappa shape index (κ2) is 10.3. The number of carboxylic acid groups (broad SMARTS) is 1. The summed E-state index contributed by atoms with van der Waals surface area (Å²) in [6.07, 6.45) is 2.99. The number of carbonyl (C=O) groups is 3. The van der Waals surface area contributed by atoms with Crippen molar-refractivity contribution in [2.24, 2.45) is 5.18 Å². The van der Waals surface area contributed by atoms with Crippen molar-refractivity contribution in [2.75, 3.05) is 18.6 Å². The standard InChI is InChI=1S/C20H19N7O7S2/c1-34-25-12(11-8-36-20(21)22-11)16(29)23-13-17(30)27-14(19(31)32)10(7-35-18(13)27)6-26-4-2-3-9(5-26)15(28)24-33/h2-5,8,13,18H,6-7H2,1H3,(H5-,21,22,23,24,25,28,29,31,32,33)/p+1/t13-,18-/m1/s1. The second-order valence-corrected chi connectivity index (χ2v) is 9.55. The molecule has 0 radical (unpaired) electrons. The largest absolute Gasteiger partial charge is 0.493 e. The van der Waals surface area contributed by atoms with Crippen LogP contribution in [0.3, 0.4) is 0 Å². The fourth-order valence-electron chi connectivity index (χ4n) is 3.77. The number of amides is 2. The van der Waals surface area contributed by atoms with E-state index in [1.54, 1.807) is 11.6 Å². The Kier molecular flexibility index (Phi) is 7.18. The van der Waals surface area contributed by atoms with Gasteiger partial charge in [-0.05, 0) is 6.07 Å². The molecule has 2 aliphatic heterocycles. The first kappa shape index (κ1) is 25.1. The lowest BCUT2D eigenvalue weighted by molar-refractivity contribution is -0.689. The molecule has 36 heavy (non-hydrogen) atoms. The summed E-state index contributed by atoms with van der Waals surface area (Å²) in [5.41, 5.74) is 8.82. The molecule has 6 N–H and O–H groups in total. The first-order valence-electron chi connectivity index (χ1n) is 10.2. The highest BCUT2D eigenvalue weighted by molar-refractivity contribution is 8.00. The lowest BCUT2D eigenvalue weighted by Gasteiger charge is -2.49. The van der Waals surface area contributed by atoms with Crippen molar-refractivity contribution in [3.63, 3.8) is 0 Å². The molecule has 0 aromatic carbocycles. The Hall–Kier alpha value is -4.02. The van der Waals surface area contributed by atoms with Gasteiger partial charge in [0, 0.05) is 27.9 Å². The topological polar surface area (TPSA) is 200 Å². The number of β-lactam (4-membered cyclic amide) rings is 1. The lowest BCUT2D eigenvalue weighted by atomic mass is 10.0. The van der Waals surface area contributed by atoms with Gasteiger partial charge in [0.2, 0.25) is 5.88 Å². The van der Waals surface area contributed by atoms with Gasteiger partial charge in [-0.2, -0.15) is 0 Å². The van der Waals surface area contributed by atoms with Crippen LogP contribution in [0.1, 0.15) is 16.1 Å². The van der Waals surface area contributed by atoms with Crippen molar-refractivity contribution in [3.8, 4) is 0 Å². The molecule has 2 aromatic heterocycles. The Balaban J connectivity index is 1.57. The van der Waals surface area contributed by atoms with Gasteiger partial charge in [-0.15, -0.1) is 28.0 Å². The van der Waals surface area contributed by atoms with Gasteiger partial charge in [0.15, 0.2) is 24.1 Å². The molecule has 1 fully saturated rings. The number of aliphatic hydroxyl groups excluding tert-OH is 1. The number of nitrogens with two attached hydrogens (primary N) is 1. The fourth-order valence-corrected chi connectivity index (χ4v) is 5.66. The lowest BCUT2D eigenvalue weighted by Crippen LogP contribution is -2.70. The maximum Gasteiger partial charge on any atom is 0.352 e. The highest BCUT2D eigenvalue weighted by Gasteiger charge is 2.54. The number of thiazole rings is 1. The Morgan fingerprint density at radius 3 is 2.83 bits per heavy atom. The summed E-state index contributed by atoms with van der Waals surface area (Å²) in [6, 6.07) is 2.03. The first-order chi connectivity index (χ1) is 17.2. The average molecular weight is 535 g/mol. The van der Waals surface area contributed by atoms with Crippen LogP contribution in [0.15, 0.2) is 52.2 Å². The number of aromatic nitrogens is 2. The Morgan fingerprint density at radius 1 is 1.42 bits per heavy atom. The maximum atomic E-state index is 13.0. The highest BCUT2D eigenvalue weighted by Crippen LogP contribution is 2.40. The number of pyridine rings is 1. The molecule has 2 atom stereocenters. The number of nitrogens with zero attached hydrogens (tertiary/aromatic N) is 4. The van der Waals surface area contributed by atoms with Gasteiger partial charge in [0.1, 0.15) is 34.1 Å². The van der Waals surface area contributed by atoms with Gasteiger partial charge in [0.25, 0.3) is 5.91 Å². The summed E-state index contributed by atoms with van der Waals surface area (Å²) in [4.78, 5) is 57.3. The van der Waals surface area contributed by atoms with Crippen LogP contribution in [0.25, 0.3) is 5.70 Å². The average Bonchev–Trinajstić information content (AvgIpc) is 3.30. The van der Waals surface area contributed by atoms with Crippen LogP contribution < -0.4 is 21.1 Å². The van der Waals surface area contributed by atoms with E-state index >= 15 is 0 Å². The van der Waals surface area contributed by atoms with Gasteiger partial charge in [-0.25, -0.2) is 14.3 Å². The van der Waals surface area contributed by atoms with Crippen molar-refractivity contribution in [2.45, 2.75) is 18.0 Å². The monoisotopic (exact) mass is 534 g/mol. The molecule has 2 amide bonds. The van der Waals surface area contributed by atoms with Crippen LogP contribution in [-0.2, 0) is 21.0 Å². The van der Waals surface area contributed by atoms with Crippen molar-refractivity contribution in [1.82, 2.24) is 20.7 Å². The number of aliphatic carboxylic acids is 1. The van der Waals surface area contributed by atoms with Crippen LogP contribution in [0.4, 0.5) is 5.13 Å². The highest BCUT2D eigenvalue weighted by atomic mass is 32.2. The number of nitroso groups, excluding NO2 is 1. The molecule has 4 rings (SSSR count). The zero-order valence-corrected chi connectivity index (χ0v) is 20.2. The Morgan fingerprint density at radius 2 is 2.19 bits per heavy atom. The van der Waals surface area contributed by atoms with Crippen LogP contribution >= 0.6 is 23.1 Å². The molecule has 2 aromatic rings. The summed E-state index contributed by atoms with van der Waals surface area (Å²) in [5, 5.41) is 26.9. The van der Waals surface area contributed by atoms with E-state index in [1.807, 2.05) is 0 Å². The molecule has 2 aliphatic rings. The second-order valence-electron chi connectivity index (χ2n) is 7.55. The van der Waals surface area contributed by atoms with E-state index < -0.39 is 35.1 Å². The van der Waals surface area contributed by atoms with Gasteiger partial charge in [-0.1, -0.05) is 0 Å². The fraction of sp³-hybridized carbons (Fsp3) is 0.250. The summed E-state index contributed by atoms with van der Waals surface area (Å²) in [5.74, 6) is -2.95. The first-order valence-corrected chi connectivity index (χ1v) is 12.1. The molecular formula is C20H20N7O7S2+. The van der Waals surface area contributed by atoms with Gasteiger partial charge < -0.3 is 21.3 Å². The van der Waals surface area contributed by atoms with Gasteiger partial charge in [0.05, 0.1) is 7.11 Å². The Labute approximate surface area is 211 Å². The number of nitrogens with one attached hydrogen (secondary N) is 2. The molecule has 0 unspecified atom stereocenters. The third-order valence-electron chi connectivity index (χ3n) is 5.32. The molecule has 0 saturated carbocycles. The molecule has 0 spiro atoms. The third-order valence-corrected chi connectivity index (χ3v) is 7.34. The van der Waals surface area contributed by atoms with Crippen LogP contribution in [0.2, 0.25) is 0 Å². The SMILES string of the molecule is CONC(=C(O)N[C@@H]1C(=O)N2C(C(=O)O)=C(C[n+]3cccc(C(=O)N=O)c3)CS[C@H]12)c1csc(N)n1. The predicted octanol–water partition coefficient (Wildman–Crippen LogP) is 0.167. The number of thioether (sulfide) groups is 1. The van der Waals surface area contributed by atoms with Gasteiger partial charge in [-0.3, -0.25) is 24.8 Å². The number of hydrogen-bond acceptors (Lipinski definition) is 12. The summed E-state index contributed by atoms with van der Waals surface area (Å²) >= 11 is 2.46. The van der Waals surface area contributed by atoms with Crippen LogP contribution in [0, 0.1) is 4.91 Å². The number of carboxylic acids is 1. The zero-order valence-electron chi connectivity index (χ0n) is 18.6. The smallest absolute Gasteiger partial charge is 0.352 e. The van der Waals surface area contributed by atoms with Gasteiger partial charge >= 0.3 is 11.9 Å². The number of rotatable bonds is 9. The van der Waals surface area contributed by atoms with E-state index in [1.165, 1.54) is 41.8 Å². The third kappa shape index (κ3) is 4.73. The Bertz CT molecular complexity index is 1310. The van der Waals surface area contributed by atoms with Crippen molar-refractivity contribution >= 4 is 51.7 Å². The van der Waals surface area contributed by atoms with Crippen LogP contribution in [0.5, 0.6) is 0 Å². The number of carbonyl (C=O) groups excluding carboxylic acids is 2. The number of fused-ring (bicyclic) bond motifs is 1. The molecule has 0 bridgehead atoms. The number of anilines is 1. The van der Waals surface area contributed by atoms with E-state index in [0.717, 1.165) is 16.2 Å². The summed E-state index contributed by atoms with van der Waals surface area (Å²) < 4.78 is 1.54. The predicted molar refractivity (Wildman–Crippen MR) is 128 cm³/mol. The zero-order chi connectivity index (χ0) is 26.0. The molecule has 16 heteroatoms. The molecule has 4 heterocycles. The number of hydrogen-bond donors (Lipinski definition) is 5. The minimum absolute atomic E-state index is 0.0557. The minimum atomic E-state index is -1.29. The number of aliphatic hydroxyl groups is 1. The maximum absolute atomic E-state index is 13.0. The quantitative estimate of drug-likeness (QED) is 0.0961. The normalized spacial score (nSPS) is 19.7. The van der Waals surface area contributed by atoms with Crippen molar-refractivity contribution < 1.29 is 34.0 Å². The van der Waals surface area contributed by atoms with E-state index in [-0.39, 0.29) is 34.4 Å². The molecule has 0 aliphatic carbocycles. The van der Waals surface area contributed by atoms with E-state index in [4.69, 9.17) is 10.6 Å². The van der Waals surface area contributed by atoms with Crippen molar-refractivity contribution in [1.29, 1.82) is 0 Å². The molecule has 1 saturated heterocycles. The van der Waals surface area contributed by atoms with Crippen LogP contribution in [-0.4, -0.2) is 62.2 Å².